The van der Waals surface area contributed by atoms with Crippen LogP contribution in [0.2, 0.25) is 0 Å². The molecule has 0 aromatic carbocycles. The molecule has 0 saturated carbocycles. The van der Waals surface area contributed by atoms with Gasteiger partial charge >= 0.3 is 0 Å². The van der Waals surface area contributed by atoms with Crippen molar-refractivity contribution >= 4 is 18.3 Å². The Hall–Kier alpha value is -0.360. The largest absolute Gasteiger partial charge is 0.381 e. The number of halogens is 1. The Labute approximate surface area is 146 Å². The molecular weight excluding hydrogens is 316 g/mol. The highest BCUT2D eigenvalue weighted by molar-refractivity contribution is 5.85. The van der Waals surface area contributed by atoms with Gasteiger partial charge < -0.3 is 20.1 Å². The predicted molar refractivity (Wildman–Crippen MR) is 94.0 cm³/mol. The topological polar surface area (TPSA) is 59.6 Å². The van der Waals surface area contributed by atoms with E-state index in [2.05, 4.69) is 17.6 Å². The van der Waals surface area contributed by atoms with E-state index in [-0.39, 0.29) is 18.3 Å². The summed E-state index contributed by atoms with van der Waals surface area (Å²) in [6.07, 6.45) is 6.37. The number of carbonyl (C=O) groups excluding carboxylic acids is 1. The maximum atomic E-state index is 12.0. The third-order valence-corrected chi connectivity index (χ3v) is 4.81. The number of amides is 1. The van der Waals surface area contributed by atoms with Crippen molar-refractivity contribution < 1.29 is 14.3 Å². The molecule has 1 amide bonds. The van der Waals surface area contributed by atoms with Gasteiger partial charge in [-0.2, -0.15) is 0 Å². The molecule has 2 unspecified atom stereocenters. The minimum Gasteiger partial charge on any atom is -0.381 e. The van der Waals surface area contributed by atoms with Crippen LogP contribution in [0, 0.1) is 11.8 Å². The van der Waals surface area contributed by atoms with Gasteiger partial charge in [-0.1, -0.05) is 6.92 Å². The molecule has 2 heterocycles. The van der Waals surface area contributed by atoms with E-state index in [0.29, 0.717) is 24.4 Å². The third-order valence-electron chi connectivity index (χ3n) is 4.81. The molecule has 0 spiro atoms. The first-order chi connectivity index (χ1) is 10.8. The third kappa shape index (κ3) is 8.34. The Morgan fingerprint density at radius 2 is 2.13 bits per heavy atom. The minimum absolute atomic E-state index is 0. The first-order valence-corrected chi connectivity index (χ1v) is 8.92. The minimum atomic E-state index is 0. The smallest absolute Gasteiger partial charge is 0.220 e. The van der Waals surface area contributed by atoms with Crippen LogP contribution < -0.4 is 10.6 Å². The Balaban J connectivity index is 0.00000264. The van der Waals surface area contributed by atoms with E-state index in [1.54, 1.807) is 0 Å². The molecule has 2 rings (SSSR count). The number of hydrogen-bond donors (Lipinski definition) is 2. The van der Waals surface area contributed by atoms with E-state index >= 15 is 0 Å². The molecule has 6 heteroatoms. The highest BCUT2D eigenvalue weighted by Crippen LogP contribution is 2.22. The first-order valence-electron chi connectivity index (χ1n) is 8.92. The normalized spacial score (nSPS) is 23.8. The zero-order valence-electron chi connectivity index (χ0n) is 14.4. The van der Waals surface area contributed by atoms with E-state index in [1.807, 2.05) is 0 Å². The number of hydrogen-bond acceptors (Lipinski definition) is 4. The lowest BCUT2D eigenvalue weighted by molar-refractivity contribution is -0.122. The maximum absolute atomic E-state index is 12.0. The van der Waals surface area contributed by atoms with Gasteiger partial charge in [0.15, 0.2) is 0 Å². The number of carbonyl (C=O) groups is 1. The number of piperidine rings is 1. The van der Waals surface area contributed by atoms with Crippen molar-refractivity contribution in [1.29, 1.82) is 0 Å². The van der Waals surface area contributed by atoms with Gasteiger partial charge in [-0.3, -0.25) is 4.79 Å². The molecule has 2 atom stereocenters. The van der Waals surface area contributed by atoms with Crippen molar-refractivity contribution in [2.45, 2.75) is 51.6 Å². The molecule has 2 saturated heterocycles. The zero-order valence-corrected chi connectivity index (χ0v) is 15.2. The fourth-order valence-corrected chi connectivity index (χ4v) is 3.29. The van der Waals surface area contributed by atoms with Gasteiger partial charge in [0.25, 0.3) is 0 Å². The van der Waals surface area contributed by atoms with Gasteiger partial charge in [-0.15, -0.1) is 12.4 Å². The molecule has 0 aromatic heterocycles. The van der Waals surface area contributed by atoms with Crippen LogP contribution in [0.4, 0.5) is 0 Å². The SMILES string of the molecule is CC(CC(=O)NCCCOC1CCOCC1)C1CCCNC1.Cl. The molecule has 2 N–H and O–H groups in total. The molecule has 5 nitrogen and oxygen atoms in total. The second-order valence-corrected chi connectivity index (χ2v) is 6.67. The van der Waals surface area contributed by atoms with E-state index in [9.17, 15) is 4.79 Å². The van der Waals surface area contributed by atoms with E-state index in [0.717, 1.165) is 58.7 Å². The number of ether oxygens (including phenoxy) is 2. The van der Waals surface area contributed by atoms with Gasteiger partial charge in [0.1, 0.15) is 0 Å². The standard InChI is InChI=1S/C17H32N2O3.ClH/c1-14(15-4-2-7-18-13-15)12-17(20)19-8-3-9-22-16-5-10-21-11-6-16;/h14-16,18H,2-13H2,1H3,(H,19,20);1H. The molecule has 0 radical (unpaired) electrons. The van der Waals surface area contributed by atoms with Crippen LogP contribution in [0.5, 0.6) is 0 Å². The van der Waals surface area contributed by atoms with Crippen molar-refractivity contribution in [3.05, 3.63) is 0 Å². The summed E-state index contributed by atoms with van der Waals surface area (Å²) in [5.74, 6) is 1.30. The molecule has 2 aliphatic heterocycles. The predicted octanol–water partition coefficient (Wildman–Crippen LogP) is 2.14. The van der Waals surface area contributed by atoms with Crippen LogP contribution in [-0.2, 0) is 14.3 Å². The summed E-state index contributed by atoms with van der Waals surface area (Å²) in [6.45, 7) is 7.47. The van der Waals surface area contributed by atoms with Crippen molar-refractivity contribution in [3.63, 3.8) is 0 Å². The highest BCUT2D eigenvalue weighted by Gasteiger charge is 2.21. The zero-order chi connectivity index (χ0) is 15.6. The molecule has 0 bridgehead atoms. The Morgan fingerprint density at radius 1 is 1.35 bits per heavy atom. The fraction of sp³-hybridized carbons (Fsp3) is 0.941. The Morgan fingerprint density at radius 3 is 2.83 bits per heavy atom. The van der Waals surface area contributed by atoms with Crippen LogP contribution in [0.1, 0.15) is 45.4 Å². The van der Waals surface area contributed by atoms with Crippen LogP contribution in [-0.4, -0.2) is 51.5 Å². The molecule has 0 aromatic rings. The van der Waals surface area contributed by atoms with E-state index in [1.165, 1.54) is 12.8 Å². The van der Waals surface area contributed by atoms with E-state index in [4.69, 9.17) is 9.47 Å². The summed E-state index contributed by atoms with van der Waals surface area (Å²) in [5, 5.41) is 6.45. The van der Waals surface area contributed by atoms with Gasteiger partial charge in [-0.25, -0.2) is 0 Å². The fourth-order valence-electron chi connectivity index (χ4n) is 3.29. The molecule has 2 aliphatic rings. The van der Waals surface area contributed by atoms with Crippen LogP contribution in [0.15, 0.2) is 0 Å². The summed E-state index contributed by atoms with van der Waals surface area (Å²) in [6, 6.07) is 0. The molecular formula is C17H33ClN2O3. The Kier molecular flexibility index (Phi) is 10.9. The summed E-state index contributed by atoms with van der Waals surface area (Å²) in [5.41, 5.74) is 0. The lowest BCUT2D eigenvalue weighted by Gasteiger charge is -2.28. The van der Waals surface area contributed by atoms with Crippen LogP contribution in [0.25, 0.3) is 0 Å². The maximum Gasteiger partial charge on any atom is 0.220 e. The Bertz CT molecular complexity index is 319. The summed E-state index contributed by atoms with van der Waals surface area (Å²) in [4.78, 5) is 12.0. The van der Waals surface area contributed by atoms with Crippen molar-refractivity contribution in [2.24, 2.45) is 11.8 Å². The number of rotatable bonds is 8. The lowest BCUT2D eigenvalue weighted by atomic mass is 9.85. The van der Waals surface area contributed by atoms with Gasteiger partial charge in [0, 0.05) is 32.8 Å². The average Bonchev–Trinajstić information content (AvgIpc) is 2.56. The molecule has 2 fully saturated rings. The molecule has 0 aliphatic carbocycles. The number of nitrogens with one attached hydrogen (secondary N) is 2. The quantitative estimate of drug-likeness (QED) is 0.660. The summed E-state index contributed by atoms with van der Waals surface area (Å²) >= 11 is 0. The van der Waals surface area contributed by atoms with Crippen molar-refractivity contribution in [1.82, 2.24) is 10.6 Å². The van der Waals surface area contributed by atoms with Crippen molar-refractivity contribution in [2.75, 3.05) is 39.5 Å². The van der Waals surface area contributed by atoms with E-state index < -0.39 is 0 Å². The molecule has 136 valence electrons. The molecule has 23 heavy (non-hydrogen) atoms. The first kappa shape index (κ1) is 20.7. The second kappa shape index (κ2) is 12.1. The van der Waals surface area contributed by atoms with Gasteiger partial charge in [0.05, 0.1) is 6.10 Å². The van der Waals surface area contributed by atoms with Gasteiger partial charge in [0.2, 0.25) is 5.91 Å². The second-order valence-electron chi connectivity index (χ2n) is 6.67. The monoisotopic (exact) mass is 348 g/mol. The van der Waals surface area contributed by atoms with Crippen molar-refractivity contribution in [3.8, 4) is 0 Å². The summed E-state index contributed by atoms with van der Waals surface area (Å²) in [7, 11) is 0. The van der Waals surface area contributed by atoms with Crippen LogP contribution in [0.3, 0.4) is 0 Å². The average molecular weight is 349 g/mol. The van der Waals surface area contributed by atoms with Gasteiger partial charge in [-0.05, 0) is 57.0 Å². The highest BCUT2D eigenvalue weighted by atomic mass is 35.5. The summed E-state index contributed by atoms with van der Waals surface area (Å²) < 4.78 is 11.1. The van der Waals surface area contributed by atoms with Crippen LogP contribution >= 0.6 is 12.4 Å². The lowest BCUT2D eigenvalue weighted by Crippen LogP contribution is -2.36.